The molecule has 1 atom stereocenters. The lowest BCUT2D eigenvalue weighted by molar-refractivity contribution is 0.0927. The van der Waals surface area contributed by atoms with Crippen LogP contribution in [0.25, 0.3) is 5.69 Å². The van der Waals surface area contributed by atoms with Crippen molar-refractivity contribution in [3.05, 3.63) is 77.1 Å². The van der Waals surface area contributed by atoms with E-state index in [-0.39, 0.29) is 17.5 Å². The summed E-state index contributed by atoms with van der Waals surface area (Å²) >= 11 is 5.94. The molecule has 9 heteroatoms. The molecule has 8 nitrogen and oxygen atoms in total. The van der Waals surface area contributed by atoms with Crippen molar-refractivity contribution in [3.63, 3.8) is 0 Å². The third-order valence-electron chi connectivity index (χ3n) is 4.83. The van der Waals surface area contributed by atoms with E-state index in [2.05, 4.69) is 21.3 Å². The van der Waals surface area contributed by atoms with Crippen molar-refractivity contribution < 1.29 is 14.7 Å². The molecule has 4 rings (SSSR count). The highest BCUT2D eigenvalue weighted by Crippen LogP contribution is 2.41. The Bertz CT molecular complexity index is 1050. The first kappa shape index (κ1) is 19.8. The van der Waals surface area contributed by atoms with Gasteiger partial charge in [0.1, 0.15) is 0 Å². The second-order valence-electron chi connectivity index (χ2n) is 7.06. The molecule has 0 bridgehead atoms. The number of hydrazine groups is 1. The summed E-state index contributed by atoms with van der Waals surface area (Å²) in [6.45, 7) is 0. The van der Waals surface area contributed by atoms with Crippen molar-refractivity contribution in [3.8, 4) is 11.4 Å². The van der Waals surface area contributed by atoms with E-state index >= 15 is 0 Å². The van der Waals surface area contributed by atoms with Crippen LogP contribution in [0.5, 0.6) is 5.75 Å². The molecule has 1 saturated carbocycles. The Balaban J connectivity index is 1.37. The molecule has 0 spiro atoms. The van der Waals surface area contributed by atoms with Gasteiger partial charge in [0.05, 0.1) is 17.9 Å². The van der Waals surface area contributed by atoms with E-state index in [0.717, 1.165) is 18.4 Å². The smallest absolute Gasteiger partial charge is 0.333 e. The number of urea groups is 1. The lowest BCUT2D eigenvalue weighted by atomic mass is 10.0. The van der Waals surface area contributed by atoms with Crippen molar-refractivity contribution in [2.45, 2.75) is 18.9 Å². The van der Waals surface area contributed by atoms with Gasteiger partial charge in [-0.1, -0.05) is 41.9 Å². The van der Waals surface area contributed by atoms with E-state index in [1.165, 1.54) is 10.9 Å². The number of nitrogens with zero attached hydrogens (tertiary/aromatic N) is 2. The molecule has 2 aromatic carbocycles. The normalized spacial score (nSPS) is 14.0. The number of hydrogen-bond donors (Lipinski definition) is 4. The van der Waals surface area contributed by atoms with Gasteiger partial charge in [0.15, 0.2) is 11.4 Å². The van der Waals surface area contributed by atoms with Crippen LogP contribution in [0.3, 0.4) is 0 Å². The fraction of sp³-hybridized carbons (Fsp3) is 0.190. The number of halogens is 1. The van der Waals surface area contributed by atoms with Gasteiger partial charge in [-0.2, -0.15) is 5.10 Å². The first-order chi connectivity index (χ1) is 14.5. The molecule has 3 aromatic rings. The summed E-state index contributed by atoms with van der Waals surface area (Å²) in [6.07, 6.45) is 3.36. The van der Waals surface area contributed by atoms with Gasteiger partial charge < -0.3 is 10.4 Å². The van der Waals surface area contributed by atoms with Crippen molar-refractivity contribution in [1.29, 1.82) is 0 Å². The summed E-state index contributed by atoms with van der Waals surface area (Å²) in [6, 6.07) is 15.6. The predicted molar refractivity (Wildman–Crippen MR) is 111 cm³/mol. The van der Waals surface area contributed by atoms with Crippen LogP contribution in [-0.2, 0) is 0 Å². The van der Waals surface area contributed by atoms with Crippen molar-refractivity contribution in [1.82, 2.24) is 25.9 Å². The van der Waals surface area contributed by atoms with E-state index < -0.39 is 11.9 Å². The zero-order chi connectivity index (χ0) is 21.1. The van der Waals surface area contributed by atoms with Crippen LogP contribution < -0.4 is 16.2 Å². The number of nitrogens with one attached hydrogen (secondary N) is 3. The molecule has 1 aliphatic carbocycles. The molecule has 154 valence electrons. The highest BCUT2D eigenvalue weighted by Gasteiger charge is 2.33. The lowest BCUT2D eigenvalue weighted by Crippen LogP contribution is -2.48. The third-order valence-corrected chi connectivity index (χ3v) is 5.08. The minimum absolute atomic E-state index is 0.176. The standard InChI is InChI=1S/C21H20ClN5O3/c22-15-10-8-14(9-11-15)18(13-6-7-13)23-21(30)25-24-20(29)19-17(28)12-27(26-19)16-4-2-1-3-5-16/h1-5,8-13,18,28H,6-7H2,(H,24,29)(H2,23,25,30). The van der Waals surface area contributed by atoms with Crippen molar-refractivity contribution in [2.75, 3.05) is 0 Å². The van der Waals surface area contributed by atoms with Gasteiger partial charge in [0, 0.05) is 5.02 Å². The largest absolute Gasteiger partial charge is 0.504 e. The number of aromatic nitrogens is 2. The first-order valence-electron chi connectivity index (χ1n) is 9.47. The highest BCUT2D eigenvalue weighted by molar-refractivity contribution is 6.30. The van der Waals surface area contributed by atoms with Gasteiger partial charge in [-0.3, -0.25) is 10.2 Å². The predicted octanol–water partition coefficient (Wildman–Crippen LogP) is 3.33. The van der Waals surface area contributed by atoms with Gasteiger partial charge in [-0.25, -0.2) is 14.9 Å². The molecular weight excluding hydrogens is 406 g/mol. The Kier molecular flexibility index (Phi) is 5.58. The SMILES string of the molecule is O=C(NNC(=O)c1nn(-c2ccccc2)cc1O)NC(c1ccc(Cl)cc1)C1CC1. The van der Waals surface area contributed by atoms with E-state index in [4.69, 9.17) is 11.6 Å². The molecular formula is C21H20ClN5O3. The van der Waals surface area contributed by atoms with Gasteiger partial charge in [0.25, 0.3) is 5.91 Å². The van der Waals surface area contributed by atoms with E-state index in [1.54, 1.807) is 24.3 Å². The molecule has 1 heterocycles. The number of carbonyl (C=O) groups is 2. The number of hydrogen-bond acceptors (Lipinski definition) is 4. The maximum Gasteiger partial charge on any atom is 0.333 e. The fourth-order valence-corrected chi connectivity index (χ4v) is 3.29. The molecule has 1 aliphatic rings. The first-order valence-corrected chi connectivity index (χ1v) is 9.85. The molecule has 0 saturated heterocycles. The zero-order valence-electron chi connectivity index (χ0n) is 15.9. The summed E-state index contributed by atoms with van der Waals surface area (Å²) in [5, 5.41) is 17.6. The van der Waals surface area contributed by atoms with Crippen LogP contribution in [0.2, 0.25) is 5.02 Å². The number of aromatic hydroxyl groups is 1. The topological polar surface area (TPSA) is 108 Å². The Labute approximate surface area is 177 Å². The van der Waals surface area contributed by atoms with Crippen molar-refractivity contribution in [2.24, 2.45) is 5.92 Å². The average molecular weight is 426 g/mol. The quantitative estimate of drug-likeness (QED) is 0.470. The van der Waals surface area contributed by atoms with Crippen LogP contribution >= 0.6 is 11.6 Å². The summed E-state index contributed by atoms with van der Waals surface area (Å²) in [7, 11) is 0. The van der Waals surface area contributed by atoms with E-state index in [9.17, 15) is 14.7 Å². The van der Waals surface area contributed by atoms with Gasteiger partial charge in [0.2, 0.25) is 0 Å². The van der Waals surface area contributed by atoms with Gasteiger partial charge >= 0.3 is 6.03 Å². The molecule has 4 N–H and O–H groups in total. The molecule has 1 unspecified atom stereocenters. The summed E-state index contributed by atoms with van der Waals surface area (Å²) < 4.78 is 1.38. The second kappa shape index (κ2) is 8.46. The van der Waals surface area contributed by atoms with Crippen LogP contribution in [0.4, 0.5) is 4.79 Å². The molecule has 0 aliphatic heterocycles. The number of benzene rings is 2. The molecule has 3 amide bonds. The van der Waals surface area contributed by atoms with Gasteiger partial charge in [-0.05, 0) is 48.6 Å². The molecule has 0 radical (unpaired) electrons. The van der Waals surface area contributed by atoms with Crippen LogP contribution in [0.15, 0.2) is 60.8 Å². The highest BCUT2D eigenvalue weighted by atomic mass is 35.5. The Morgan fingerprint density at radius 3 is 2.43 bits per heavy atom. The Morgan fingerprint density at radius 1 is 1.07 bits per heavy atom. The minimum Gasteiger partial charge on any atom is -0.504 e. The van der Waals surface area contributed by atoms with Crippen molar-refractivity contribution >= 4 is 23.5 Å². The molecule has 1 fully saturated rings. The lowest BCUT2D eigenvalue weighted by Gasteiger charge is -2.19. The van der Waals surface area contributed by atoms with Crippen LogP contribution in [-0.4, -0.2) is 26.8 Å². The summed E-state index contributed by atoms with van der Waals surface area (Å²) in [4.78, 5) is 24.7. The number of carbonyl (C=O) groups excluding carboxylic acids is 2. The number of amides is 3. The number of para-hydroxylation sites is 1. The maximum atomic E-state index is 12.3. The zero-order valence-corrected chi connectivity index (χ0v) is 16.6. The minimum atomic E-state index is -0.730. The van der Waals surface area contributed by atoms with E-state index in [0.29, 0.717) is 16.6 Å². The maximum absolute atomic E-state index is 12.3. The molecule has 30 heavy (non-hydrogen) atoms. The average Bonchev–Trinajstić information content (AvgIpc) is 3.52. The van der Waals surface area contributed by atoms with E-state index in [1.807, 2.05) is 30.3 Å². The second-order valence-corrected chi connectivity index (χ2v) is 7.50. The Hall–Kier alpha value is -3.52. The summed E-state index contributed by atoms with van der Waals surface area (Å²) in [5.41, 5.74) is 6.02. The number of rotatable bonds is 5. The summed E-state index contributed by atoms with van der Waals surface area (Å²) in [5.74, 6) is -0.680. The van der Waals surface area contributed by atoms with Gasteiger partial charge in [-0.15, -0.1) is 0 Å². The molecule has 1 aromatic heterocycles. The monoisotopic (exact) mass is 425 g/mol. The third kappa shape index (κ3) is 4.55. The Morgan fingerprint density at radius 2 is 1.77 bits per heavy atom. The fourth-order valence-electron chi connectivity index (χ4n) is 3.16. The van der Waals surface area contributed by atoms with Crippen LogP contribution in [0.1, 0.15) is 34.9 Å². The van der Waals surface area contributed by atoms with Crippen LogP contribution in [0, 0.1) is 5.92 Å².